The Balaban J connectivity index is 1.82. The molecule has 0 spiro atoms. The van der Waals surface area contributed by atoms with E-state index in [0.29, 0.717) is 5.56 Å². The molecule has 2 aromatic carbocycles. The molecule has 0 bridgehead atoms. The van der Waals surface area contributed by atoms with Crippen LogP contribution in [0.5, 0.6) is 0 Å². The fourth-order valence-corrected chi connectivity index (χ4v) is 3.70. The second-order valence-electron chi connectivity index (χ2n) is 4.67. The maximum Gasteiger partial charge on any atom is 0.159 e. The van der Waals surface area contributed by atoms with Gasteiger partial charge in [0.1, 0.15) is 0 Å². The number of hydrogen-bond acceptors (Lipinski definition) is 2. The van der Waals surface area contributed by atoms with Crippen LogP contribution in [0.3, 0.4) is 0 Å². The van der Waals surface area contributed by atoms with Crippen LogP contribution in [-0.4, -0.2) is 5.25 Å². The maximum atomic E-state index is 13.3. The van der Waals surface area contributed by atoms with Crippen molar-refractivity contribution in [3.05, 3.63) is 65.2 Å². The number of benzene rings is 2. The molecule has 0 saturated heterocycles. The molecule has 98 valence electrons. The second kappa shape index (κ2) is 4.94. The Bertz CT molecular complexity index is 590. The molecule has 2 unspecified atom stereocenters. The minimum atomic E-state index is -0.839. The second-order valence-corrected chi connectivity index (χ2v) is 5.95. The van der Waals surface area contributed by atoms with Gasteiger partial charge in [-0.1, -0.05) is 24.3 Å². The molecule has 4 heteroatoms. The Kier molecular flexibility index (Phi) is 3.29. The van der Waals surface area contributed by atoms with Crippen molar-refractivity contribution < 1.29 is 8.78 Å². The summed E-state index contributed by atoms with van der Waals surface area (Å²) >= 11 is 1.71. The van der Waals surface area contributed by atoms with Crippen molar-refractivity contribution in [3.8, 4) is 0 Å². The van der Waals surface area contributed by atoms with Crippen LogP contribution < -0.4 is 5.73 Å². The van der Waals surface area contributed by atoms with Gasteiger partial charge in [0.2, 0.25) is 0 Å². The van der Waals surface area contributed by atoms with Gasteiger partial charge in [-0.05, 0) is 35.7 Å². The number of hydrogen-bond donors (Lipinski definition) is 1. The van der Waals surface area contributed by atoms with Crippen LogP contribution in [0.1, 0.15) is 17.2 Å². The Morgan fingerprint density at radius 1 is 1.11 bits per heavy atom. The Morgan fingerprint density at radius 3 is 2.63 bits per heavy atom. The van der Waals surface area contributed by atoms with E-state index < -0.39 is 11.6 Å². The van der Waals surface area contributed by atoms with E-state index in [4.69, 9.17) is 5.73 Å². The SMILES string of the molecule is NC(c1ccc(F)c(F)c1)C1Cc2ccccc2S1. The molecular weight excluding hydrogens is 264 g/mol. The van der Waals surface area contributed by atoms with Crippen molar-refractivity contribution in [3.63, 3.8) is 0 Å². The minimum Gasteiger partial charge on any atom is -0.323 e. The van der Waals surface area contributed by atoms with Crippen LogP contribution in [-0.2, 0) is 6.42 Å². The standard InChI is InChI=1S/C15H13F2NS/c16-11-6-5-10(7-12(11)17)15(18)14-8-9-3-1-2-4-13(9)19-14/h1-7,14-15H,8,18H2. The summed E-state index contributed by atoms with van der Waals surface area (Å²) in [6.45, 7) is 0. The average molecular weight is 277 g/mol. The van der Waals surface area contributed by atoms with E-state index in [0.717, 1.165) is 12.5 Å². The normalized spacial score (nSPS) is 19.2. The van der Waals surface area contributed by atoms with E-state index in [-0.39, 0.29) is 11.3 Å². The predicted molar refractivity (Wildman–Crippen MR) is 73.1 cm³/mol. The lowest BCUT2D eigenvalue weighted by Gasteiger charge is -2.18. The monoisotopic (exact) mass is 277 g/mol. The first kappa shape index (κ1) is 12.6. The van der Waals surface area contributed by atoms with E-state index in [2.05, 4.69) is 12.1 Å². The molecule has 19 heavy (non-hydrogen) atoms. The Hall–Kier alpha value is -1.39. The van der Waals surface area contributed by atoms with Gasteiger partial charge in [0.25, 0.3) is 0 Å². The molecule has 0 saturated carbocycles. The molecule has 0 aromatic heterocycles. The molecule has 1 heterocycles. The highest BCUT2D eigenvalue weighted by Crippen LogP contribution is 2.41. The molecule has 0 radical (unpaired) electrons. The maximum absolute atomic E-state index is 13.3. The number of halogens is 2. The quantitative estimate of drug-likeness (QED) is 0.906. The van der Waals surface area contributed by atoms with Crippen LogP contribution in [0.4, 0.5) is 8.78 Å². The summed E-state index contributed by atoms with van der Waals surface area (Å²) in [5.41, 5.74) is 8.11. The van der Waals surface area contributed by atoms with E-state index in [1.807, 2.05) is 12.1 Å². The fourth-order valence-electron chi connectivity index (χ4n) is 2.34. The van der Waals surface area contributed by atoms with Gasteiger partial charge in [-0.25, -0.2) is 8.78 Å². The summed E-state index contributed by atoms with van der Waals surface area (Å²) < 4.78 is 26.2. The molecule has 1 aliphatic heterocycles. The smallest absolute Gasteiger partial charge is 0.159 e. The molecule has 2 aromatic rings. The zero-order chi connectivity index (χ0) is 13.4. The summed E-state index contributed by atoms with van der Waals surface area (Å²) in [5.74, 6) is -1.67. The summed E-state index contributed by atoms with van der Waals surface area (Å²) in [6.07, 6.45) is 0.862. The van der Waals surface area contributed by atoms with Gasteiger partial charge in [-0.2, -0.15) is 0 Å². The van der Waals surface area contributed by atoms with Crippen molar-refractivity contribution in [2.75, 3.05) is 0 Å². The molecular formula is C15H13F2NS. The highest BCUT2D eigenvalue weighted by molar-refractivity contribution is 8.00. The molecule has 1 nitrogen and oxygen atoms in total. The predicted octanol–water partition coefficient (Wildman–Crippen LogP) is 3.68. The summed E-state index contributed by atoms with van der Waals surface area (Å²) in [6, 6.07) is 11.8. The summed E-state index contributed by atoms with van der Waals surface area (Å²) in [7, 11) is 0. The lowest BCUT2D eigenvalue weighted by Crippen LogP contribution is -2.23. The minimum absolute atomic E-state index is 0.169. The number of fused-ring (bicyclic) bond motifs is 1. The van der Waals surface area contributed by atoms with Crippen molar-refractivity contribution in [1.82, 2.24) is 0 Å². The topological polar surface area (TPSA) is 26.0 Å². The highest BCUT2D eigenvalue weighted by atomic mass is 32.2. The Morgan fingerprint density at radius 2 is 1.89 bits per heavy atom. The zero-order valence-electron chi connectivity index (χ0n) is 10.1. The van der Waals surface area contributed by atoms with Crippen molar-refractivity contribution >= 4 is 11.8 Å². The molecule has 0 amide bonds. The van der Waals surface area contributed by atoms with E-state index in [1.54, 1.807) is 17.8 Å². The molecule has 2 N–H and O–H groups in total. The number of nitrogens with two attached hydrogens (primary N) is 1. The first-order valence-corrected chi connectivity index (χ1v) is 6.98. The molecule has 1 aliphatic rings. The molecule has 2 atom stereocenters. The molecule has 0 aliphatic carbocycles. The average Bonchev–Trinajstić information content (AvgIpc) is 2.85. The van der Waals surface area contributed by atoms with Gasteiger partial charge in [-0.3, -0.25) is 0 Å². The van der Waals surface area contributed by atoms with Gasteiger partial charge in [-0.15, -0.1) is 11.8 Å². The van der Waals surface area contributed by atoms with Crippen molar-refractivity contribution in [2.45, 2.75) is 22.6 Å². The van der Waals surface area contributed by atoms with Crippen LogP contribution in [0, 0.1) is 11.6 Å². The van der Waals surface area contributed by atoms with Crippen LogP contribution in [0.25, 0.3) is 0 Å². The third kappa shape index (κ3) is 2.38. The molecule has 0 fully saturated rings. The number of rotatable bonds is 2. The summed E-state index contributed by atoms with van der Waals surface area (Å²) in [5, 5.41) is 0.169. The summed E-state index contributed by atoms with van der Waals surface area (Å²) in [4.78, 5) is 1.23. The lowest BCUT2D eigenvalue weighted by molar-refractivity contribution is 0.504. The van der Waals surface area contributed by atoms with Gasteiger partial charge >= 0.3 is 0 Å². The largest absolute Gasteiger partial charge is 0.323 e. The van der Waals surface area contributed by atoms with E-state index in [9.17, 15) is 8.78 Å². The van der Waals surface area contributed by atoms with Crippen LogP contribution in [0.2, 0.25) is 0 Å². The third-order valence-corrected chi connectivity index (χ3v) is 4.82. The molecule has 3 rings (SSSR count). The highest BCUT2D eigenvalue weighted by Gasteiger charge is 2.28. The van der Waals surface area contributed by atoms with Crippen LogP contribution in [0.15, 0.2) is 47.4 Å². The fraction of sp³-hybridized carbons (Fsp3) is 0.200. The van der Waals surface area contributed by atoms with E-state index >= 15 is 0 Å². The van der Waals surface area contributed by atoms with E-state index in [1.165, 1.54) is 16.5 Å². The van der Waals surface area contributed by atoms with Crippen molar-refractivity contribution in [2.24, 2.45) is 5.73 Å². The van der Waals surface area contributed by atoms with Crippen molar-refractivity contribution in [1.29, 1.82) is 0 Å². The zero-order valence-corrected chi connectivity index (χ0v) is 11.0. The first-order valence-electron chi connectivity index (χ1n) is 6.10. The lowest BCUT2D eigenvalue weighted by atomic mass is 9.99. The number of thioether (sulfide) groups is 1. The van der Waals surface area contributed by atoms with Gasteiger partial charge in [0.05, 0.1) is 0 Å². The van der Waals surface area contributed by atoms with Gasteiger partial charge < -0.3 is 5.73 Å². The van der Waals surface area contributed by atoms with Crippen LogP contribution >= 0.6 is 11.8 Å². The van der Waals surface area contributed by atoms with Gasteiger partial charge in [0, 0.05) is 16.2 Å². The van der Waals surface area contributed by atoms with Gasteiger partial charge in [0.15, 0.2) is 11.6 Å². The Labute approximate surface area is 114 Å². The third-order valence-electron chi connectivity index (χ3n) is 3.40. The first-order chi connectivity index (χ1) is 9.15.